The molecule has 8 nitrogen and oxygen atoms in total. The van der Waals surface area contributed by atoms with Crippen molar-refractivity contribution in [2.75, 3.05) is 13.2 Å². The van der Waals surface area contributed by atoms with Gasteiger partial charge in [-0.25, -0.2) is 4.79 Å². The van der Waals surface area contributed by atoms with E-state index in [1.807, 2.05) is 13.8 Å². The fourth-order valence-electron chi connectivity index (χ4n) is 3.43. The molecule has 1 N–H and O–H groups in total. The van der Waals surface area contributed by atoms with Crippen LogP contribution in [-0.2, 0) is 19.1 Å². The van der Waals surface area contributed by atoms with Gasteiger partial charge in [0.15, 0.2) is 6.61 Å². The normalized spacial score (nSPS) is 25.8. The Morgan fingerprint density at radius 3 is 2.32 bits per heavy atom. The summed E-state index contributed by atoms with van der Waals surface area (Å²) in [7, 11) is 0. The SMILES string of the molecule is C[C@@H]1CCC[C@H](C)N1C(=O)COC(=O)CCN1C(=O)NC(C)(C)C1=O. The van der Waals surface area contributed by atoms with E-state index in [9.17, 15) is 19.2 Å². The van der Waals surface area contributed by atoms with Gasteiger partial charge in [-0.05, 0) is 47.0 Å². The molecule has 2 heterocycles. The third kappa shape index (κ3) is 4.29. The topological polar surface area (TPSA) is 96.0 Å². The predicted octanol–water partition coefficient (Wildman–Crippen LogP) is 1.04. The van der Waals surface area contributed by atoms with Crippen LogP contribution in [0.3, 0.4) is 0 Å². The number of rotatable bonds is 5. The molecule has 0 radical (unpaired) electrons. The van der Waals surface area contributed by atoms with Crippen LogP contribution >= 0.6 is 0 Å². The third-order valence-electron chi connectivity index (χ3n) is 4.82. The van der Waals surface area contributed by atoms with Crippen molar-refractivity contribution in [3.05, 3.63) is 0 Å². The largest absolute Gasteiger partial charge is 0.456 e. The Kier molecular flexibility index (Phi) is 5.69. The molecule has 0 spiro atoms. The minimum absolute atomic E-state index is 0.0579. The number of hydrogen-bond acceptors (Lipinski definition) is 5. The Bertz CT molecular complexity index is 565. The molecule has 2 atom stereocenters. The summed E-state index contributed by atoms with van der Waals surface area (Å²) in [5, 5.41) is 2.54. The van der Waals surface area contributed by atoms with Gasteiger partial charge in [-0.15, -0.1) is 0 Å². The van der Waals surface area contributed by atoms with Crippen molar-refractivity contribution in [3.63, 3.8) is 0 Å². The number of carbonyl (C=O) groups excluding carboxylic acids is 4. The summed E-state index contributed by atoms with van der Waals surface area (Å²) in [5.41, 5.74) is -0.961. The average Bonchev–Trinajstić information content (AvgIpc) is 2.71. The molecule has 0 aromatic heterocycles. The molecular formula is C17H27N3O5. The molecule has 0 bridgehead atoms. The highest BCUT2D eigenvalue weighted by atomic mass is 16.5. The number of nitrogens with zero attached hydrogens (tertiary/aromatic N) is 2. The van der Waals surface area contributed by atoms with Gasteiger partial charge in [-0.3, -0.25) is 19.3 Å². The minimum Gasteiger partial charge on any atom is -0.456 e. The highest BCUT2D eigenvalue weighted by molar-refractivity contribution is 6.06. The molecule has 4 amide bonds. The maximum Gasteiger partial charge on any atom is 0.325 e. The van der Waals surface area contributed by atoms with Crippen molar-refractivity contribution in [2.45, 2.75) is 71.0 Å². The number of imide groups is 1. The van der Waals surface area contributed by atoms with Gasteiger partial charge >= 0.3 is 12.0 Å². The van der Waals surface area contributed by atoms with E-state index in [1.165, 1.54) is 0 Å². The van der Waals surface area contributed by atoms with Gasteiger partial charge < -0.3 is 15.0 Å². The van der Waals surface area contributed by atoms with Crippen molar-refractivity contribution >= 4 is 23.8 Å². The van der Waals surface area contributed by atoms with Crippen LogP contribution in [0.15, 0.2) is 0 Å². The van der Waals surface area contributed by atoms with Crippen molar-refractivity contribution in [1.82, 2.24) is 15.1 Å². The number of amides is 4. The van der Waals surface area contributed by atoms with Crippen LogP contribution < -0.4 is 5.32 Å². The molecule has 0 aromatic rings. The first kappa shape index (κ1) is 19.2. The smallest absolute Gasteiger partial charge is 0.325 e. The minimum atomic E-state index is -0.961. The molecule has 0 aliphatic carbocycles. The first-order chi connectivity index (χ1) is 11.6. The van der Waals surface area contributed by atoms with Gasteiger partial charge in [0.1, 0.15) is 5.54 Å². The molecule has 0 aromatic carbocycles. The Morgan fingerprint density at radius 1 is 1.20 bits per heavy atom. The number of ether oxygens (including phenoxy) is 1. The predicted molar refractivity (Wildman–Crippen MR) is 89.5 cm³/mol. The Balaban J connectivity index is 1.78. The summed E-state index contributed by atoms with van der Waals surface area (Å²) >= 11 is 0. The van der Waals surface area contributed by atoms with Crippen LogP contribution in [0.1, 0.15) is 53.4 Å². The van der Waals surface area contributed by atoms with Crippen molar-refractivity contribution in [2.24, 2.45) is 0 Å². The monoisotopic (exact) mass is 353 g/mol. The second-order valence-corrected chi connectivity index (χ2v) is 7.35. The zero-order chi connectivity index (χ0) is 18.8. The summed E-state index contributed by atoms with van der Waals surface area (Å²) in [6.45, 7) is 6.83. The summed E-state index contributed by atoms with van der Waals surface area (Å²) in [6.07, 6.45) is 2.86. The molecule has 2 aliphatic rings. The standard InChI is InChI=1S/C17H27N3O5/c1-11-6-5-7-12(2)20(11)13(21)10-25-14(22)8-9-19-15(23)17(3,4)18-16(19)24/h11-12H,5-10H2,1-4H3,(H,18,24)/t11-,12+. The van der Waals surface area contributed by atoms with E-state index < -0.39 is 17.5 Å². The highest BCUT2D eigenvalue weighted by Crippen LogP contribution is 2.22. The molecule has 0 saturated carbocycles. The van der Waals surface area contributed by atoms with Crippen LogP contribution in [-0.4, -0.2) is 64.4 Å². The van der Waals surface area contributed by atoms with Gasteiger partial charge in [-0.1, -0.05) is 0 Å². The molecule has 8 heteroatoms. The number of likely N-dealkylation sites (tertiary alicyclic amines) is 1. The van der Waals surface area contributed by atoms with E-state index >= 15 is 0 Å². The summed E-state index contributed by atoms with van der Waals surface area (Å²) < 4.78 is 5.04. The van der Waals surface area contributed by atoms with Crippen LogP contribution in [0.4, 0.5) is 4.79 Å². The van der Waals surface area contributed by atoms with E-state index in [-0.39, 0.29) is 43.5 Å². The maximum atomic E-state index is 12.3. The molecule has 0 unspecified atom stereocenters. The van der Waals surface area contributed by atoms with Crippen LogP contribution in [0.25, 0.3) is 0 Å². The second-order valence-electron chi connectivity index (χ2n) is 7.35. The lowest BCUT2D eigenvalue weighted by molar-refractivity contribution is -0.155. The Morgan fingerprint density at radius 2 is 1.80 bits per heavy atom. The Labute approximate surface area is 147 Å². The molecule has 2 saturated heterocycles. The van der Waals surface area contributed by atoms with E-state index in [0.29, 0.717) is 0 Å². The molecule has 140 valence electrons. The summed E-state index contributed by atoms with van der Waals surface area (Å²) in [6, 6.07) is -0.235. The fourth-order valence-corrected chi connectivity index (χ4v) is 3.43. The summed E-state index contributed by atoms with van der Waals surface area (Å²) in [4.78, 5) is 50.7. The molecule has 25 heavy (non-hydrogen) atoms. The lowest BCUT2D eigenvalue weighted by Gasteiger charge is -2.38. The van der Waals surface area contributed by atoms with Crippen molar-refractivity contribution in [3.8, 4) is 0 Å². The third-order valence-corrected chi connectivity index (χ3v) is 4.82. The van der Waals surface area contributed by atoms with Crippen molar-refractivity contribution in [1.29, 1.82) is 0 Å². The lowest BCUT2D eigenvalue weighted by atomic mass is 9.97. The number of urea groups is 1. The van der Waals surface area contributed by atoms with Crippen LogP contribution in [0, 0.1) is 0 Å². The van der Waals surface area contributed by atoms with Gasteiger partial charge in [0, 0.05) is 18.6 Å². The first-order valence-electron chi connectivity index (χ1n) is 8.74. The molecule has 2 aliphatic heterocycles. The lowest BCUT2D eigenvalue weighted by Crippen LogP contribution is -2.49. The number of hydrogen-bond donors (Lipinski definition) is 1. The van der Waals surface area contributed by atoms with Crippen LogP contribution in [0.5, 0.6) is 0 Å². The van der Waals surface area contributed by atoms with Crippen LogP contribution in [0.2, 0.25) is 0 Å². The second kappa shape index (κ2) is 7.41. The van der Waals surface area contributed by atoms with E-state index in [4.69, 9.17) is 4.74 Å². The molecular weight excluding hydrogens is 326 g/mol. The average molecular weight is 353 g/mol. The summed E-state index contributed by atoms with van der Waals surface area (Å²) in [5.74, 6) is -1.18. The zero-order valence-electron chi connectivity index (χ0n) is 15.3. The Hall–Kier alpha value is -2.12. The van der Waals surface area contributed by atoms with Gasteiger partial charge in [0.05, 0.1) is 6.42 Å². The first-order valence-corrected chi connectivity index (χ1v) is 8.74. The van der Waals surface area contributed by atoms with E-state index in [2.05, 4.69) is 5.32 Å². The number of piperidine rings is 1. The van der Waals surface area contributed by atoms with E-state index in [1.54, 1.807) is 18.7 Å². The van der Waals surface area contributed by atoms with Gasteiger partial charge in [0.25, 0.3) is 11.8 Å². The molecule has 2 rings (SSSR count). The fraction of sp³-hybridized carbons (Fsp3) is 0.765. The number of esters is 1. The number of nitrogens with one attached hydrogen (secondary N) is 1. The van der Waals surface area contributed by atoms with Gasteiger partial charge in [-0.2, -0.15) is 0 Å². The number of carbonyl (C=O) groups is 4. The maximum absolute atomic E-state index is 12.3. The molecule has 2 fully saturated rings. The highest BCUT2D eigenvalue weighted by Gasteiger charge is 2.44. The quantitative estimate of drug-likeness (QED) is 0.588. The van der Waals surface area contributed by atoms with Gasteiger partial charge in [0.2, 0.25) is 0 Å². The zero-order valence-corrected chi connectivity index (χ0v) is 15.3. The van der Waals surface area contributed by atoms with Crippen molar-refractivity contribution < 1.29 is 23.9 Å². The van der Waals surface area contributed by atoms with E-state index in [0.717, 1.165) is 24.2 Å².